The molecule has 0 aliphatic rings. The van der Waals surface area contributed by atoms with Crippen molar-refractivity contribution in [1.82, 2.24) is 4.90 Å². The monoisotopic (exact) mass is 240 g/mol. The molecule has 0 aliphatic heterocycles. The van der Waals surface area contributed by atoms with Crippen LogP contribution in [0.2, 0.25) is 0 Å². The Morgan fingerprint density at radius 1 is 1.29 bits per heavy atom. The van der Waals surface area contributed by atoms with Gasteiger partial charge in [-0.1, -0.05) is 40.3 Å². The lowest BCUT2D eigenvalue weighted by atomic mass is 10.2. The van der Waals surface area contributed by atoms with E-state index >= 15 is 0 Å². The van der Waals surface area contributed by atoms with E-state index in [0.29, 0.717) is 12.2 Å². The van der Waals surface area contributed by atoms with Crippen LogP contribution in [0, 0.1) is 0 Å². The number of likely N-dealkylation sites (N-methyl/N-ethyl adjacent to an activating group) is 1. The average Bonchev–Trinajstić information content (AvgIpc) is 2.42. The summed E-state index contributed by atoms with van der Waals surface area (Å²) in [5.74, 6) is -0.116. The number of amides is 1. The van der Waals surface area contributed by atoms with Crippen molar-refractivity contribution in [3.63, 3.8) is 0 Å². The van der Waals surface area contributed by atoms with Crippen LogP contribution in [0.25, 0.3) is 0 Å². The maximum atomic E-state index is 11.6. The highest BCUT2D eigenvalue weighted by molar-refractivity contribution is 5.94. The van der Waals surface area contributed by atoms with E-state index in [1.54, 1.807) is 24.9 Å². The summed E-state index contributed by atoms with van der Waals surface area (Å²) in [6.07, 6.45) is 1.60. The summed E-state index contributed by atoms with van der Waals surface area (Å²) in [4.78, 5) is 16.9. The van der Waals surface area contributed by atoms with Crippen LogP contribution in [0.5, 0.6) is 0 Å². The molecule has 0 N–H and O–H groups in total. The number of carbonyl (C=O) groups is 1. The molecule has 0 aromatic rings. The molecule has 100 valence electrons. The van der Waals surface area contributed by atoms with Gasteiger partial charge in [0.15, 0.2) is 0 Å². The predicted octanol–water partition coefficient (Wildman–Crippen LogP) is 3.68. The molecule has 0 aliphatic carbocycles. The van der Waals surface area contributed by atoms with E-state index in [0.717, 1.165) is 5.57 Å². The van der Waals surface area contributed by atoms with Gasteiger partial charge in [0, 0.05) is 13.6 Å². The lowest BCUT2D eigenvalue weighted by Gasteiger charge is -2.15. The molecule has 0 heterocycles. The van der Waals surface area contributed by atoms with Gasteiger partial charge in [0.2, 0.25) is 0 Å². The van der Waals surface area contributed by atoms with Gasteiger partial charge in [-0.05, 0) is 26.1 Å². The number of carbonyl (C=O) groups excluding carboxylic acids is 1. The van der Waals surface area contributed by atoms with Crippen molar-refractivity contribution in [1.29, 1.82) is 0 Å². The fraction of sp³-hybridized carbons (Fsp3) is 0.571. The Labute approximate surface area is 107 Å². The van der Waals surface area contributed by atoms with Gasteiger partial charge in [0.25, 0.3) is 5.91 Å². The third-order valence-corrected chi connectivity index (χ3v) is 1.86. The zero-order chi connectivity index (χ0) is 14.4. The number of hydrogen-bond acceptors (Lipinski definition) is 2. The molecule has 3 nitrogen and oxygen atoms in total. The molecule has 17 heavy (non-hydrogen) atoms. The SMILES string of the molecule is C=C/C(C)=C(\N=C)C(=O)N(C)CC.CC.CC. The quantitative estimate of drug-likeness (QED) is 0.419. The maximum Gasteiger partial charge on any atom is 0.272 e. The second kappa shape index (κ2) is 14.6. The third-order valence-electron chi connectivity index (χ3n) is 1.86. The molecule has 0 spiro atoms. The van der Waals surface area contributed by atoms with E-state index in [2.05, 4.69) is 18.3 Å². The van der Waals surface area contributed by atoms with E-state index < -0.39 is 0 Å². The molecular formula is C14H28N2O. The summed E-state index contributed by atoms with van der Waals surface area (Å²) in [5.41, 5.74) is 1.12. The lowest BCUT2D eigenvalue weighted by Crippen LogP contribution is -2.27. The topological polar surface area (TPSA) is 32.7 Å². The molecule has 0 bridgehead atoms. The average molecular weight is 240 g/mol. The van der Waals surface area contributed by atoms with Gasteiger partial charge in [-0.2, -0.15) is 0 Å². The van der Waals surface area contributed by atoms with Gasteiger partial charge >= 0.3 is 0 Å². The summed E-state index contributed by atoms with van der Waals surface area (Å²) >= 11 is 0. The van der Waals surface area contributed by atoms with Crippen LogP contribution in [0.1, 0.15) is 41.5 Å². The molecule has 0 aromatic heterocycles. The second-order valence-corrected chi connectivity index (χ2v) is 2.71. The Morgan fingerprint density at radius 3 is 1.94 bits per heavy atom. The zero-order valence-corrected chi connectivity index (χ0v) is 12.5. The van der Waals surface area contributed by atoms with Crippen molar-refractivity contribution >= 4 is 12.6 Å². The first-order valence-electron chi connectivity index (χ1n) is 6.14. The van der Waals surface area contributed by atoms with Gasteiger partial charge in [-0.3, -0.25) is 9.79 Å². The fourth-order valence-corrected chi connectivity index (χ4v) is 0.782. The Balaban J connectivity index is -0.000000439. The zero-order valence-electron chi connectivity index (χ0n) is 12.5. The number of allylic oxidation sites excluding steroid dienone is 2. The molecule has 0 fully saturated rings. The Bertz CT molecular complexity index is 255. The van der Waals surface area contributed by atoms with E-state index in [4.69, 9.17) is 0 Å². The van der Waals surface area contributed by atoms with E-state index in [9.17, 15) is 4.79 Å². The molecule has 3 heteroatoms. The molecule has 0 aromatic carbocycles. The highest BCUT2D eigenvalue weighted by Gasteiger charge is 2.13. The Morgan fingerprint density at radius 2 is 1.71 bits per heavy atom. The first-order chi connectivity index (χ1) is 8.08. The molecule has 1 amide bonds. The van der Waals surface area contributed by atoms with Crippen LogP contribution < -0.4 is 0 Å². The first kappa shape index (κ1) is 21.0. The maximum absolute atomic E-state index is 11.6. The van der Waals surface area contributed by atoms with Crippen LogP contribution >= 0.6 is 0 Å². The highest BCUT2D eigenvalue weighted by atomic mass is 16.2. The van der Waals surface area contributed by atoms with Gasteiger partial charge in [-0.25, -0.2) is 0 Å². The first-order valence-corrected chi connectivity index (χ1v) is 6.14. The molecular weight excluding hydrogens is 212 g/mol. The number of hydrogen-bond donors (Lipinski definition) is 0. The van der Waals surface area contributed by atoms with Crippen LogP contribution in [-0.4, -0.2) is 31.1 Å². The Hall–Kier alpha value is -1.38. The normalized spacial score (nSPS) is 9.59. The Kier molecular flexibility index (Phi) is 18.0. The van der Waals surface area contributed by atoms with Crippen molar-refractivity contribution in [2.45, 2.75) is 41.5 Å². The number of aliphatic imine (C=N–C) groups is 1. The van der Waals surface area contributed by atoms with Crippen molar-refractivity contribution in [3.8, 4) is 0 Å². The second-order valence-electron chi connectivity index (χ2n) is 2.71. The van der Waals surface area contributed by atoms with Crippen LogP contribution in [-0.2, 0) is 4.79 Å². The standard InChI is InChI=1S/C10H16N2O.2C2H6/c1-6-8(3)9(11-4)10(13)12(5)7-2;2*1-2/h6H,1,4,7H2,2-3,5H3;2*1-2H3/b9-8-;;. The van der Waals surface area contributed by atoms with Crippen molar-refractivity contribution in [2.24, 2.45) is 4.99 Å². The van der Waals surface area contributed by atoms with Gasteiger partial charge in [0.1, 0.15) is 5.70 Å². The van der Waals surface area contributed by atoms with Gasteiger partial charge in [0.05, 0.1) is 0 Å². The number of rotatable bonds is 4. The molecule has 0 saturated heterocycles. The minimum atomic E-state index is -0.116. The largest absolute Gasteiger partial charge is 0.341 e. The van der Waals surface area contributed by atoms with Crippen molar-refractivity contribution in [2.75, 3.05) is 13.6 Å². The summed E-state index contributed by atoms with van der Waals surface area (Å²) in [6.45, 7) is 19.3. The van der Waals surface area contributed by atoms with Gasteiger partial charge in [-0.15, -0.1) is 0 Å². The van der Waals surface area contributed by atoms with Crippen LogP contribution in [0.15, 0.2) is 28.9 Å². The fourth-order valence-electron chi connectivity index (χ4n) is 0.782. The van der Waals surface area contributed by atoms with Crippen LogP contribution in [0.4, 0.5) is 0 Å². The molecule has 0 atom stereocenters. The number of nitrogens with zero attached hydrogens (tertiary/aromatic N) is 2. The van der Waals surface area contributed by atoms with Crippen LogP contribution in [0.3, 0.4) is 0 Å². The van der Waals surface area contributed by atoms with Gasteiger partial charge < -0.3 is 4.90 Å². The van der Waals surface area contributed by atoms with Crippen molar-refractivity contribution in [3.05, 3.63) is 23.9 Å². The summed E-state index contributed by atoms with van der Waals surface area (Å²) in [7, 11) is 1.73. The summed E-state index contributed by atoms with van der Waals surface area (Å²) in [5, 5.41) is 0. The third kappa shape index (κ3) is 8.43. The molecule has 0 unspecified atom stereocenters. The van der Waals surface area contributed by atoms with E-state index in [1.807, 2.05) is 34.6 Å². The lowest BCUT2D eigenvalue weighted by molar-refractivity contribution is -0.125. The molecule has 0 saturated carbocycles. The predicted molar refractivity (Wildman–Crippen MR) is 78.5 cm³/mol. The highest BCUT2D eigenvalue weighted by Crippen LogP contribution is 2.08. The summed E-state index contributed by atoms with van der Waals surface area (Å²) < 4.78 is 0. The smallest absolute Gasteiger partial charge is 0.272 e. The molecule has 0 radical (unpaired) electrons. The van der Waals surface area contributed by atoms with E-state index in [-0.39, 0.29) is 5.91 Å². The van der Waals surface area contributed by atoms with Crippen molar-refractivity contribution < 1.29 is 4.79 Å². The summed E-state index contributed by atoms with van der Waals surface area (Å²) in [6, 6.07) is 0. The van der Waals surface area contributed by atoms with E-state index in [1.165, 1.54) is 0 Å². The molecule has 0 rings (SSSR count). The minimum absolute atomic E-state index is 0.116. The minimum Gasteiger partial charge on any atom is -0.341 e.